The van der Waals surface area contributed by atoms with E-state index < -0.39 is 0 Å². The van der Waals surface area contributed by atoms with Gasteiger partial charge >= 0.3 is 0 Å². The Morgan fingerprint density at radius 3 is 2.74 bits per heavy atom. The van der Waals surface area contributed by atoms with Crippen molar-refractivity contribution in [2.75, 3.05) is 18.9 Å². The van der Waals surface area contributed by atoms with E-state index in [1.54, 1.807) is 17.3 Å². The van der Waals surface area contributed by atoms with E-state index in [2.05, 4.69) is 49.3 Å². The Kier molecular flexibility index (Phi) is 5.74. The minimum Gasteiger partial charge on any atom is -0.354 e. The first kappa shape index (κ1) is 17.0. The molecule has 0 spiro atoms. The lowest BCUT2D eigenvalue weighted by Crippen LogP contribution is -2.27. The highest BCUT2D eigenvalue weighted by molar-refractivity contribution is 5.94. The number of carbonyl (C=O) groups excluding carboxylic acids is 1. The van der Waals surface area contributed by atoms with Crippen LogP contribution in [0, 0.1) is 13.8 Å². The van der Waals surface area contributed by atoms with Gasteiger partial charge in [-0.25, -0.2) is 0 Å². The number of pyridine rings is 1. The normalized spacial score (nSPS) is 10.4. The van der Waals surface area contributed by atoms with Gasteiger partial charge in [-0.05, 0) is 43.5 Å². The number of hydrogen-bond donors (Lipinski definition) is 1. The van der Waals surface area contributed by atoms with Crippen molar-refractivity contribution in [1.82, 2.24) is 9.88 Å². The third-order valence-corrected chi connectivity index (χ3v) is 3.85. The van der Waals surface area contributed by atoms with Gasteiger partial charge < -0.3 is 10.2 Å². The molecule has 0 aliphatic carbocycles. The molecule has 0 radical (unpaired) electrons. The van der Waals surface area contributed by atoms with Crippen LogP contribution in [-0.4, -0.2) is 29.4 Å². The largest absolute Gasteiger partial charge is 0.354 e. The molecular formula is C19H25N3O. The number of aromatic nitrogens is 1. The van der Waals surface area contributed by atoms with Gasteiger partial charge in [-0.1, -0.05) is 25.5 Å². The summed E-state index contributed by atoms with van der Waals surface area (Å²) in [4.78, 5) is 18.4. The second-order valence-corrected chi connectivity index (χ2v) is 5.99. The molecule has 0 atom stereocenters. The number of rotatable bonds is 6. The van der Waals surface area contributed by atoms with Gasteiger partial charge in [0.05, 0.1) is 17.4 Å². The van der Waals surface area contributed by atoms with Crippen molar-refractivity contribution in [3.05, 3.63) is 53.3 Å². The summed E-state index contributed by atoms with van der Waals surface area (Å²) in [5, 5.41) is 3.36. The van der Waals surface area contributed by atoms with E-state index in [1.807, 2.05) is 13.1 Å². The lowest BCUT2D eigenvalue weighted by molar-refractivity contribution is 0.0793. The standard InChI is InChI=1S/C19H25N3O/c1-5-6-9-22(4)19(23)16-11-17(13-20-12-16)21-18-10-14(2)7-8-15(18)3/h7-8,10-13,21H,5-6,9H2,1-4H3. The van der Waals surface area contributed by atoms with Crippen molar-refractivity contribution in [2.45, 2.75) is 33.6 Å². The SMILES string of the molecule is CCCCN(C)C(=O)c1cncc(Nc2cc(C)ccc2C)c1. The van der Waals surface area contributed by atoms with Crippen LogP contribution in [0.3, 0.4) is 0 Å². The second kappa shape index (κ2) is 7.77. The van der Waals surface area contributed by atoms with Crippen molar-refractivity contribution >= 4 is 17.3 Å². The number of carbonyl (C=O) groups is 1. The zero-order valence-corrected chi connectivity index (χ0v) is 14.4. The van der Waals surface area contributed by atoms with E-state index in [4.69, 9.17) is 0 Å². The third-order valence-electron chi connectivity index (χ3n) is 3.85. The molecule has 4 heteroatoms. The van der Waals surface area contributed by atoms with Gasteiger partial charge in [0.15, 0.2) is 0 Å². The summed E-state index contributed by atoms with van der Waals surface area (Å²) in [6.45, 7) is 7.01. The molecule has 0 bridgehead atoms. The van der Waals surface area contributed by atoms with Crippen LogP contribution in [0.15, 0.2) is 36.7 Å². The smallest absolute Gasteiger partial charge is 0.255 e. The Bertz CT molecular complexity index is 682. The van der Waals surface area contributed by atoms with Crippen molar-refractivity contribution in [2.24, 2.45) is 0 Å². The number of hydrogen-bond acceptors (Lipinski definition) is 3. The van der Waals surface area contributed by atoms with Gasteiger partial charge in [0.25, 0.3) is 5.91 Å². The van der Waals surface area contributed by atoms with E-state index in [1.165, 1.54) is 5.56 Å². The highest BCUT2D eigenvalue weighted by Crippen LogP contribution is 2.22. The zero-order valence-electron chi connectivity index (χ0n) is 14.4. The van der Waals surface area contributed by atoms with Crippen LogP contribution in [0.2, 0.25) is 0 Å². The number of benzene rings is 1. The van der Waals surface area contributed by atoms with Crippen molar-refractivity contribution < 1.29 is 4.79 Å². The van der Waals surface area contributed by atoms with Gasteiger partial charge in [-0.2, -0.15) is 0 Å². The summed E-state index contributed by atoms with van der Waals surface area (Å²) >= 11 is 0. The first-order valence-electron chi connectivity index (χ1n) is 8.06. The molecule has 1 heterocycles. The van der Waals surface area contributed by atoms with Crippen LogP contribution >= 0.6 is 0 Å². The molecule has 122 valence electrons. The molecule has 0 unspecified atom stereocenters. The average Bonchev–Trinajstić information content (AvgIpc) is 2.55. The van der Waals surface area contributed by atoms with Crippen LogP contribution in [0.1, 0.15) is 41.3 Å². The fourth-order valence-corrected chi connectivity index (χ4v) is 2.37. The lowest BCUT2D eigenvalue weighted by Gasteiger charge is -2.17. The molecule has 0 saturated heterocycles. The number of anilines is 2. The molecule has 0 aliphatic rings. The maximum atomic E-state index is 12.4. The van der Waals surface area contributed by atoms with Crippen molar-refractivity contribution in [3.63, 3.8) is 0 Å². The van der Waals surface area contributed by atoms with E-state index in [-0.39, 0.29) is 5.91 Å². The van der Waals surface area contributed by atoms with Crippen molar-refractivity contribution in [1.29, 1.82) is 0 Å². The fourth-order valence-electron chi connectivity index (χ4n) is 2.37. The first-order valence-corrected chi connectivity index (χ1v) is 8.06. The summed E-state index contributed by atoms with van der Waals surface area (Å²) in [5.41, 5.74) is 4.83. The van der Waals surface area contributed by atoms with Gasteiger partial charge in [0, 0.05) is 25.5 Å². The van der Waals surface area contributed by atoms with Gasteiger partial charge in [0.2, 0.25) is 0 Å². The predicted octanol–water partition coefficient (Wildman–Crippen LogP) is 4.31. The van der Waals surface area contributed by atoms with Gasteiger partial charge in [-0.15, -0.1) is 0 Å². The predicted molar refractivity (Wildman–Crippen MR) is 95.3 cm³/mol. The number of amides is 1. The highest BCUT2D eigenvalue weighted by Gasteiger charge is 2.12. The molecule has 23 heavy (non-hydrogen) atoms. The van der Waals surface area contributed by atoms with Crippen LogP contribution in [0.25, 0.3) is 0 Å². The summed E-state index contributed by atoms with van der Waals surface area (Å²) in [6, 6.07) is 8.12. The quantitative estimate of drug-likeness (QED) is 0.864. The molecule has 1 aromatic carbocycles. The van der Waals surface area contributed by atoms with E-state index in [0.29, 0.717) is 5.56 Å². The molecule has 2 aromatic rings. The number of nitrogens with zero attached hydrogens (tertiary/aromatic N) is 2. The monoisotopic (exact) mass is 311 g/mol. The summed E-state index contributed by atoms with van der Waals surface area (Å²) in [6.07, 6.45) is 5.45. The molecule has 0 saturated carbocycles. The molecule has 0 aliphatic heterocycles. The maximum Gasteiger partial charge on any atom is 0.255 e. The molecule has 1 aromatic heterocycles. The third kappa shape index (κ3) is 4.55. The number of nitrogens with one attached hydrogen (secondary N) is 1. The molecule has 1 amide bonds. The fraction of sp³-hybridized carbons (Fsp3) is 0.368. The number of aryl methyl sites for hydroxylation is 2. The highest BCUT2D eigenvalue weighted by atomic mass is 16.2. The first-order chi connectivity index (χ1) is 11.0. The van der Waals surface area contributed by atoms with Crippen LogP contribution in [0.4, 0.5) is 11.4 Å². The average molecular weight is 311 g/mol. The second-order valence-electron chi connectivity index (χ2n) is 5.99. The summed E-state index contributed by atoms with van der Waals surface area (Å²) in [5.74, 6) is 0.00978. The molecule has 2 rings (SSSR count). The van der Waals surface area contributed by atoms with E-state index in [9.17, 15) is 4.79 Å². The Hall–Kier alpha value is -2.36. The van der Waals surface area contributed by atoms with Crippen LogP contribution in [0.5, 0.6) is 0 Å². The maximum absolute atomic E-state index is 12.4. The minimum absolute atomic E-state index is 0.00978. The van der Waals surface area contributed by atoms with Crippen molar-refractivity contribution in [3.8, 4) is 0 Å². The molecule has 1 N–H and O–H groups in total. The topological polar surface area (TPSA) is 45.2 Å². The Balaban J connectivity index is 2.16. The Morgan fingerprint density at radius 2 is 2.00 bits per heavy atom. The minimum atomic E-state index is 0.00978. The Morgan fingerprint density at radius 1 is 1.22 bits per heavy atom. The number of unbranched alkanes of at least 4 members (excludes halogenated alkanes) is 1. The Labute approximate surface area is 138 Å². The van der Waals surface area contributed by atoms with Crippen LogP contribution in [-0.2, 0) is 0 Å². The van der Waals surface area contributed by atoms with E-state index >= 15 is 0 Å². The lowest BCUT2D eigenvalue weighted by atomic mass is 10.1. The molecule has 4 nitrogen and oxygen atoms in total. The molecular weight excluding hydrogens is 286 g/mol. The van der Waals surface area contributed by atoms with E-state index in [0.717, 1.165) is 36.3 Å². The molecule has 0 fully saturated rings. The summed E-state index contributed by atoms with van der Waals surface area (Å²) in [7, 11) is 1.84. The zero-order chi connectivity index (χ0) is 16.8. The van der Waals surface area contributed by atoms with Gasteiger partial charge in [0.1, 0.15) is 0 Å². The summed E-state index contributed by atoms with van der Waals surface area (Å²) < 4.78 is 0. The van der Waals surface area contributed by atoms with Gasteiger partial charge in [-0.3, -0.25) is 9.78 Å². The van der Waals surface area contributed by atoms with Crippen LogP contribution < -0.4 is 5.32 Å².